The number of carboxylic acids is 1. The maximum absolute atomic E-state index is 10.4. The molecule has 0 saturated carbocycles. The quantitative estimate of drug-likeness (QED) is 0.361. The van der Waals surface area contributed by atoms with E-state index in [1.54, 1.807) is 0 Å². The number of aliphatic hydroxyl groups excluding tert-OH is 1. The van der Waals surface area contributed by atoms with Gasteiger partial charge in [-0.25, -0.2) is 10.0 Å². The van der Waals surface area contributed by atoms with Crippen LogP contribution in [0.2, 0.25) is 0 Å². The highest BCUT2D eigenvalue weighted by Gasteiger charge is 2.29. The Labute approximate surface area is 166 Å². The summed E-state index contributed by atoms with van der Waals surface area (Å²) in [5.74, 6) is 1.62. The number of aliphatic hydroxyl groups is 1. The van der Waals surface area contributed by atoms with Crippen molar-refractivity contribution < 1.29 is 24.5 Å². The third-order valence-corrected chi connectivity index (χ3v) is 7.87. The number of rotatable bonds is 15. The highest BCUT2D eigenvalue weighted by Crippen LogP contribution is 2.40. The molecule has 3 atom stereocenters. The number of unbranched alkanes of at least 4 members (excludes halogenated alkanes) is 6. The molecule has 1 aliphatic rings. The van der Waals surface area contributed by atoms with Crippen LogP contribution < -0.4 is 5.73 Å². The summed E-state index contributed by atoms with van der Waals surface area (Å²) in [6, 6.07) is -0.0959. The fourth-order valence-electron chi connectivity index (χ4n) is 3.32. The van der Waals surface area contributed by atoms with Crippen molar-refractivity contribution in [3.63, 3.8) is 0 Å². The maximum Gasteiger partial charge on any atom is 0.303 e. The number of nitrogens with two attached hydrogens (primary N) is 1. The first-order valence-electron chi connectivity index (χ1n) is 10.4. The molecular weight excluding hydrogens is 366 g/mol. The van der Waals surface area contributed by atoms with E-state index in [1.807, 2.05) is 0 Å². The monoisotopic (exact) mass is 407 g/mol. The molecule has 1 fully saturated rings. The lowest BCUT2D eigenvalue weighted by Gasteiger charge is -2.36. The van der Waals surface area contributed by atoms with Gasteiger partial charge in [0.25, 0.3) is 0 Å². The van der Waals surface area contributed by atoms with Crippen molar-refractivity contribution in [1.82, 2.24) is 0 Å². The van der Waals surface area contributed by atoms with E-state index in [9.17, 15) is 9.90 Å². The molecule has 162 valence electrons. The van der Waals surface area contributed by atoms with Crippen LogP contribution in [0.3, 0.4) is 0 Å². The summed E-state index contributed by atoms with van der Waals surface area (Å²) in [4.78, 5) is 10.4. The third kappa shape index (κ3) is 12.0. The average molecular weight is 408 g/mol. The van der Waals surface area contributed by atoms with Crippen LogP contribution in [0.4, 0.5) is 0 Å². The van der Waals surface area contributed by atoms with Crippen molar-refractivity contribution in [2.45, 2.75) is 82.6 Å². The number of aliphatic carboxylic acids is 1. The van der Waals surface area contributed by atoms with Gasteiger partial charge in [0.05, 0.1) is 25.4 Å². The highest BCUT2D eigenvalue weighted by atomic mass is 32.3. The lowest BCUT2D eigenvalue weighted by molar-refractivity contribution is -0.206. The van der Waals surface area contributed by atoms with E-state index >= 15 is 0 Å². The smallest absolute Gasteiger partial charge is 0.303 e. The van der Waals surface area contributed by atoms with Crippen molar-refractivity contribution in [1.29, 1.82) is 0 Å². The molecular formula is C20H41NO5S. The molecule has 0 aromatic rings. The second-order valence-corrected chi connectivity index (χ2v) is 12.6. The number of hydrogen-bond donors (Lipinski definition) is 3. The van der Waals surface area contributed by atoms with E-state index < -0.39 is 16.0 Å². The molecule has 0 aliphatic carbocycles. The third-order valence-electron chi connectivity index (χ3n) is 5.21. The van der Waals surface area contributed by atoms with Crippen LogP contribution in [0.25, 0.3) is 0 Å². The molecule has 0 radical (unpaired) electrons. The molecule has 6 nitrogen and oxygen atoms in total. The van der Waals surface area contributed by atoms with E-state index in [4.69, 9.17) is 20.3 Å². The summed E-state index contributed by atoms with van der Waals surface area (Å²) in [5, 5.41) is 17.8. The van der Waals surface area contributed by atoms with Crippen LogP contribution in [0, 0.1) is 0 Å². The van der Waals surface area contributed by atoms with Gasteiger partial charge in [0.1, 0.15) is 0 Å². The zero-order valence-corrected chi connectivity index (χ0v) is 18.1. The van der Waals surface area contributed by atoms with Crippen molar-refractivity contribution in [3.05, 3.63) is 0 Å². The minimum absolute atomic E-state index is 0.0306. The topological polar surface area (TPSA) is 102 Å². The summed E-state index contributed by atoms with van der Waals surface area (Å²) >= 11 is 0. The van der Waals surface area contributed by atoms with Gasteiger partial charge in [-0.2, -0.15) is 0 Å². The zero-order valence-electron chi connectivity index (χ0n) is 17.2. The van der Waals surface area contributed by atoms with E-state index in [-0.39, 0.29) is 25.0 Å². The molecule has 27 heavy (non-hydrogen) atoms. The number of carboxylic acid groups (broad SMARTS) is 1. The van der Waals surface area contributed by atoms with Gasteiger partial charge in [-0.1, -0.05) is 32.1 Å². The van der Waals surface area contributed by atoms with Crippen molar-refractivity contribution in [2.75, 3.05) is 37.2 Å². The minimum Gasteiger partial charge on any atom is -0.481 e. The Hall–Kier alpha value is -0.340. The van der Waals surface area contributed by atoms with Crippen molar-refractivity contribution in [2.24, 2.45) is 5.73 Å². The molecule has 0 spiro atoms. The molecule has 4 N–H and O–H groups in total. The van der Waals surface area contributed by atoms with Crippen LogP contribution in [0.1, 0.15) is 64.2 Å². The summed E-state index contributed by atoms with van der Waals surface area (Å²) in [6.07, 6.45) is 14.1. The number of carbonyl (C=O) groups is 1. The van der Waals surface area contributed by atoms with Crippen molar-refractivity contribution >= 4 is 16.0 Å². The fraction of sp³-hybridized carbons (Fsp3) is 0.950. The Balaban J connectivity index is 2.04. The van der Waals surface area contributed by atoms with Gasteiger partial charge in [-0.15, -0.1) is 0 Å². The molecule has 1 aliphatic heterocycles. The van der Waals surface area contributed by atoms with Crippen LogP contribution in [-0.2, 0) is 14.3 Å². The second-order valence-electron chi connectivity index (χ2n) is 8.21. The molecule has 0 amide bonds. The highest BCUT2D eigenvalue weighted by molar-refractivity contribution is 8.32. The second kappa shape index (κ2) is 13.8. The van der Waals surface area contributed by atoms with Gasteiger partial charge in [-0.05, 0) is 43.9 Å². The SMILES string of the molecule is CS(C)(CCCCCCCCCC(=O)O)CCOC1O[C@H](CO)CCC1N. The predicted molar refractivity (Wildman–Crippen MR) is 113 cm³/mol. The molecule has 0 bridgehead atoms. The summed E-state index contributed by atoms with van der Waals surface area (Å²) in [5.41, 5.74) is 6.06. The Morgan fingerprint density at radius 2 is 1.70 bits per heavy atom. The summed E-state index contributed by atoms with van der Waals surface area (Å²) in [7, 11) is -0.666. The fourth-order valence-corrected chi connectivity index (χ4v) is 5.05. The molecule has 0 aromatic heterocycles. The Bertz CT molecular complexity index is 408. The van der Waals surface area contributed by atoms with Gasteiger partial charge in [0, 0.05) is 12.2 Å². The van der Waals surface area contributed by atoms with Gasteiger partial charge < -0.3 is 25.4 Å². The van der Waals surface area contributed by atoms with Gasteiger partial charge in [0.15, 0.2) is 6.29 Å². The van der Waals surface area contributed by atoms with E-state index in [0.29, 0.717) is 13.0 Å². The predicted octanol–water partition coefficient (Wildman–Crippen LogP) is 3.10. The standard InChI is InChI=1S/C20H41NO5S/c1-27(2,14-9-7-5-3-4-6-8-10-19(23)24)15-13-25-20-18(21)12-11-17(16-22)26-20/h17-18,20,22H,3-16,21H2,1-2H3,(H,23,24)/t17-,18?,20?/m0/s1. The number of ether oxygens (including phenoxy) is 2. The minimum atomic E-state index is -0.686. The average Bonchev–Trinajstić information content (AvgIpc) is 2.61. The molecule has 1 saturated heterocycles. The Morgan fingerprint density at radius 1 is 1.07 bits per heavy atom. The molecule has 1 heterocycles. The number of hydrogen-bond acceptors (Lipinski definition) is 5. The van der Waals surface area contributed by atoms with Crippen molar-refractivity contribution in [3.8, 4) is 0 Å². The van der Waals surface area contributed by atoms with E-state index in [0.717, 1.165) is 37.9 Å². The van der Waals surface area contributed by atoms with Gasteiger partial charge >= 0.3 is 5.97 Å². The molecule has 7 heteroatoms. The lowest BCUT2D eigenvalue weighted by Crippen LogP contribution is -2.47. The summed E-state index contributed by atoms with van der Waals surface area (Å²) in [6.45, 7) is 0.700. The normalized spacial score (nSPS) is 24.1. The van der Waals surface area contributed by atoms with Crippen LogP contribution in [0.5, 0.6) is 0 Å². The van der Waals surface area contributed by atoms with Crippen LogP contribution in [-0.4, -0.2) is 71.8 Å². The molecule has 1 rings (SSSR count). The van der Waals surface area contributed by atoms with E-state index in [2.05, 4.69) is 12.5 Å². The zero-order chi connectivity index (χ0) is 20.1. The lowest BCUT2D eigenvalue weighted by atomic mass is 10.1. The first kappa shape index (κ1) is 24.7. The Morgan fingerprint density at radius 3 is 2.33 bits per heavy atom. The molecule has 0 aromatic carbocycles. The first-order valence-corrected chi connectivity index (χ1v) is 13.2. The van der Waals surface area contributed by atoms with E-state index in [1.165, 1.54) is 31.4 Å². The first-order chi connectivity index (χ1) is 12.8. The van der Waals surface area contributed by atoms with Crippen LogP contribution in [0.15, 0.2) is 0 Å². The van der Waals surface area contributed by atoms with Gasteiger partial charge in [0.2, 0.25) is 0 Å². The largest absolute Gasteiger partial charge is 0.481 e. The Kier molecular flexibility index (Phi) is 12.6. The summed E-state index contributed by atoms with van der Waals surface area (Å²) < 4.78 is 11.6. The van der Waals surface area contributed by atoms with Crippen LogP contribution >= 0.6 is 10.0 Å². The maximum atomic E-state index is 10.4. The molecule has 2 unspecified atom stereocenters. The van der Waals surface area contributed by atoms with Gasteiger partial charge in [-0.3, -0.25) is 4.79 Å².